The van der Waals surface area contributed by atoms with E-state index in [2.05, 4.69) is 11.9 Å². The van der Waals surface area contributed by atoms with Crippen molar-refractivity contribution in [2.75, 3.05) is 7.11 Å². The maximum atomic E-state index is 12.8. The number of benzene rings is 1. The van der Waals surface area contributed by atoms with E-state index >= 15 is 0 Å². The zero-order valence-electron chi connectivity index (χ0n) is 23.2. The number of esters is 1. The van der Waals surface area contributed by atoms with Crippen LogP contribution in [0, 0.1) is 13.8 Å². The van der Waals surface area contributed by atoms with Crippen LogP contribution in [0.2, 0.25) is 0 Å². The molecule has 0 radical (unpaired) electrons. The highest BCUT2D eigenvalue weighted by atomic mass is 16.7. The van der Waals surface area contributed by atoms with Crippen LogP contribution in [0.5, 0.6) is 5.75 Å². The molecular formula is C29H35NO10. The fourth-order valence-electron chi connectivity index (χ4n) is 4.97. The summed E-state index contributed by atoms with van der Waals surface area (Å²) in [6.07, 6.45) is -1.87. The van der Waals surface area contributed by atoms with Gasteiger partial charge in [-0.2, -0.15) is 0 Å². The molecule has 1 aliphatic rings. The van der Waals surface area contributed by atoms with Crippen molar-refractivity contribution in [3.63, 3.8) is 0 Å². The quantitative estimate of drug-likeness (QED) is 0.190. The number of H-pyrrole nitrogens is 1. The number of hydrogen-bond acceptors (Lipinski definition) is 9. The smallest absolute Gasteiger partial charge is 0.355 e. The van der Waals surface area contributed by atoms with E-state index in [0.717, 1.165) is 30.5 Å². The number of methoxy groups -OCH3 is 1. The normalized spacial score (nSPS) is 22.8. The number of carbonyl (C=O) groups is 2. The number of rotatable bonds is 10. The Balaban J connectivity index is 1.69. The van der Waals surface area contributed by atoms with E-state index in [1.165, 1.54) is 13.2 Å². The van der Waals surface area contributed by atoms with Crippen LogP contribution in [0.15, 0.2) is 33.5 Å². The minimum atomic E-state index is -1.43. The number of aliphatic hydroxyl groups is 1. The molecule has 0 amide bonds. The van der Waals surface area contributed by atoms with Gasteiger partial charge in [-0.3, -0.25) is 0 Å². The predicted octanol–water partition coefficient (Wildman–Crippen LogP) is 3.89. The highest BCUT2D eigenvalue weighted by Crippen LogP contribution is 2.35. The minimum Gasteiger partial charge on any atom is -0.477 e. The zero-order chi connectivity index (χ0) is 29.1. The number of aromatic nitrogens is 1. The summed E-state index contributed by atoms with van der Waals surface area (Å²) in [6, 6.07) is 6.39. The summed E-state index contributed by atoms with van der Waals surface area (Å²) in [5, 5.41) is 21.2. The van der Waals surface area contributed by atoms with Gasteiger partial charge in [-0.25, -0.2) is 14.4 Å². The van der Waals surface area contributed by atoms with Crippen molar-refractivity contribution in [2.24, 2.45) is 0 Å². The third-order valence-electron chi connectivity index (χ3n) is 7.15. The molecule has 0 spiro atoms. The molecule has 2 aromatic heterocycles. The van der Waals surface area contributed by atoms with Gasteiger partial charge in [0.1, 0.15) is 28.7 Å². The number of unbranched alkanes of at least 4 members (excludes halogenated alkanes) is 2. The van der Waals surface area contributed by atoms with Gasteiger partial charge in [0.2, 0.25) is 6.29 Å². The summed E-state index contributed by atoms with van der Waals surface area (Å²) in [4.78, 5) is 39.7. The number of nitrogens with one attached hydrogen (secondary N) is 1. The summed E-state index contributed by atoms with van der Waals surface area (Å²) in [6.45, 7) is 7.25. The molecule has 11 nitrogen and oxygen atoms in total. The molecule has 4 rings (SSSR count). The second kappa shape index (κ2) is 12.2. The molecule has 1 aromatic carbocycles. The van der Waals surface area contributed by atoms with Crippen molar-refractivity contribution in [1.82, 2.24) is 4.98 Å². The summed E-state index contributed by atoms with van der Waals surface area (Å²) < 4.78 is 28.7. The molecule has 3 aromatic rings. The lowest BCUT2D eigenvalue weighted by atomic mass is 9.97. The first-order chi connectivity index (χ1) is 19.0. The first-order valence-electron chi connectivity index (χ1n) is 13.3. The van der Waals surface area contributed by atoms with Gasteiger partial charge in [-0.05, 0) is 63.4 Å². The topological polar surface area (TPSA) is 158 Å². The lowest BCUT2D eigenvalue weighted by Crippen LogP contribution is -2.60. The molecule has 1 fully saturated rings. The molecule has 0 unspecified atom stereocenters. The van der Waals surface area contributed by atoms with Gasteiger partial charge in [0.05, 0.1) is 6.10 Å². The van der Waals surface area contributed by atoms with Crippen LogP contribution in [0.1, 0.15) is 70.8 Å². The highest BCUT2D eigenvalue weighted by molar-refractivity contribution is 5.94. The Kier molecular flexibility index (Phi) is 8.97. The van der Waals surface area contributed by atoms with Gasteiger partial charge in [-0.1, -0.05) is 19.8 Å². The average Bonchev–Trinajstić information content (AvgIpc) is 3.35. The molecule has 0 aliphatic carbocycles. The molecule has 11 heteroatoms. The number of carbonyl (C=O) groups excluding carboxylic acids is 1. The Labute approximate surface area is 231 Å². The van der Waals surface area contributed by atoms with Crippen LogP contribution < -0.4 is 10.4 Å². The van der Waals surface area contributed by atoms with E-state index in [4.69, 9.17) is 23.4 Å². The fraction of sp³-hybridized carbons (Fsp3) is 0.483. The zero-order valence-corrected chi connectivity index (χ0v) is 23.2. The van der Waals surface area contributed by atoms with Crippen LogP contribution >= 0.6 is 0 Å². The third kappa shape index (κ3) is 5.91. The molecule has 3 N–H and O–H groups in total. The number of aliphatic hydroxyl groups excluding tert-OH is 1. The van der Waals surface area contributed by atoms with Crippen LogP contribution in [0.3, 0.4) is 0 Å². The molecule has 5 atom stereocenters. The maximum Gasteiger partial charge on any atom is 0.355 e. The van der Waals surface area contributed by atoms with Gasteiger partial charge in [0.25, 0.3) is 0 Å². The van der Waals surface area contributed by atoms with E-state index in [0.29, 0.717) is 17.4 Å². The van der Waals surface area contributed by atoms with Gasteiger partial charge >= 0.3 is 17.6 Å². The fourth-order valence-corrected chi connectivity index (χ4v) is 4.97. The average molecular weight is 558 g/mol. The van der Waals surface area contributed by atoms with Crippen molar-refractivity contribution in [3.05, 3.63) is 62.8 Å². The number of fused-ring (bicyclic) bond motifs is 1. The number of aryl methyl sites for hydroxylation is 3. The van der Waals surface area contributed by atoms with E-state index in [1.54, 1.807) is 39.0 Å². The summed E-state index contributed by atoms with van der Waals surface area (Å²) in [7, 11) is 1.43. The van der Waals surface area contributed by atoms with Crippen molar-refractivity contribution in [1.29, 1.82) is 0 Å². The second-order valence-corrected chi connectivity index (χ2v) is 10.1. The molecule has 0 saturated carbocycles. The van der Waals surface area contributed by atoms with Crippen molar-refractivity contribution < 1.29 is 43.2 Å². The Morgan fingerprint density at radius 2 is 1.88 bits per heavy atom. The minimum absolute atomic E-state index is 0.192. The molecular weight excluding hydrogens is 522 g/mol. The van der Waals surface area contributed by atoms with Crippen LogP contribution in [-0.4, -0.2) is 65.0 Å². The van der Waals surface area contributed by atoms with Crippen molar-refractivity contribution in [3.8, 4) is 5.75 Å². The lowest BCUT2D eigenvalue weighted by Gasteiger charge is -2.42. The summed E-state index contributed by atoms with van der Waals surface area (Å²) >= 11 is 0. The molecule has 3 heterocycles. The van der Waals surface area contributed by atoms with E-state index in [1.807, 2.05) is 0 Å². The lowest BCUT2D eigenvalue weighted by molar-refractivity contribution is -0.272. The number of carboxylic acids is 1. The predicted molar refractivity (Wildman–Crippen MR) is 144 cm³/mol. The Morgan fingerprint density at radius 1 is 1.12 bits per heavy atom. The first kappa shape index (κ1) is 29.3. The molecule has 1 aliphatic heterocycles. The van der Waals surface area contributed by atoms with Crippen LogP contribution in [0.25, 0.3) is 11.0 Å². The summed E-state index contributed by atoms with van der Waals surface area (Å²) in [5.41, 5.74) is 0.929. The van der Waals surface area contributed by atoms with Crippen LogP contribution in [-0.2, 0) is 20.6 Å². The molecule has 216 valence electrons. The molecule has 1 saturated heterocycles. The van der Waals surface area contributed by atoms with E-state index in [9.17, 15) is 24.6 Å². The first-order valence-corrected chi connectivity index (χ1v) is 13.3. The number of hydrogen-bond donors (Lipinski definition) is 3. The SMILES string of the molecule is CCCCCc1cc(O[C@@H]2O[C@@H](C)[C@H](OC)[C@@H](OC(=O)c3ccc(C)[nH]3)[C@H]2O)c(C)c2oc(=O)c(C(=O)O)cc12. The van der Waals surface area contributed by atoms with E-state index in [-0.39, 0.29) is 17.0 Å². The number of aromatic carboxylic acids is 1. The van der Waals surface area contributed by atoms with Crippen molar-refractivity contribution in [2.45, 2.75) is 84.1 Å². The Hall–Kier alpha value is -3.67. The van der Waals surface area contributed by atoms with E-state index < -0.39 is 53.8 Å². The highest BCUT2D eigenvalue weighted by Gasteiger charge is 2.48. The number of aromatic amines is 1. The number of carboxylic acid groups (broad SMARTS) is 1. The maximum absolute atomic E-state index is 12.8. The molecule has 40 heavy (non-hydrogen) atoms. The largest absolute Gasteiger partial charge is 0.477 e. The van der Waals surface area contributed by atoms with Gasteiger partial charge < -0.3 is 38.6 Å². The van der Waals surface area contributed by atoms with Gasteiger partial charge in [0.15, 0.2) is 12.2 Å². The third-order valence-corrected chi connectivity index (χ3v) is 7.15. The Bertz CT molecular complexity index is 1440. The van der Waals surface area contributed by atoms with Crippen LogP contribution in [0.4, 0.5) is 0 Å². The Morgan fingerprint density at radius 3 is 2.50 bits per heavy atom. The second-order valence-electron chi connectivity index (χ2n) is 10.1. The van der Waals surface area contributed by atoms with Gasteiger partial charge in [0, 0.05) is 23.8 Å². The molecule has 0 bridgehead atoms. The number of ether oxygens (including phenoxy) is 4. The van der Waals surface area contributed by atoms with Crippen molar-refractivity contribution >= 4 is 22.9 Å². The van der Waals surface area contributed by atoms with Gasteiger partial charge in [-0.15, -0.1) is 0 Å². The standard InChI is InChI=1S/C29H35NO10/c1-6-7-8-9-17-12-21(15(3)23-18(17)13-19(26(32)33)27(34)39-23)38-29-22(31)25(24(36-5)16(4)37-29)40-28(35)20-11-10-14(2)30-20/h10-13,16,22,24-25,29-31H,6-9H2,1-5H3,(H,32,33)/t16-,22+,24-,25-,29-/m0/s1. The summed E-state index contributed by atoms with van der Waals surface area (Å²) in [5.74, 6) is -1.76. The monoisotopic (exact) mass is 557 g/mol.